The third kappa shape index (κ3) is 5.23. The SMILES string of the molecule is COc1ccc(C(C)NC(=O)CC(C)(C)C)cc1Br. The highest BCUT2D eigenvalue weighted by molar-refractivity contribution is 9.10. The van der Waals surface area contributed by atoms with Gasteiger partial charge < -0.3 is 10.1 Å². The maximum absolute atomic E-state index is 11.9. The number of hydrogen-bond donors (Lipinski definition) is 1. The Balaban J connectivity index is 2.70. The van der Waals surface area contributed by atoms with Gasteiger partial charge in [0.1, 0.15) is 5.75 Å². The van der Waals surface area contributed by atoms with Gasteiger partial charge in [-0.25, -0.2) is 0 Å². The molecule has 0 fully saturated rings. The molecule has 0 spiro atoms. The van der Waals surface area contributed by atoms with Crippen LogP contribution in [0.4, 0.5) is 0 Å². The van der Waals surface area contributed by atoms with E-state index in [0.29, 0.717) is 6.42 Å². The van der Waals surface area contributed by atoms with Crippen LogP contribution in [0.3, 0.4) is 0 Å². The van der Waals surface area contributed by atoms with Gasteiger partial charge in [0.2, 0.25) is 5.91 Å². The standard InChI is InChI=1S/C15H22BrNO2/c1-10(17-14(18)9-15(2,3)4)11-6-7-13(19-5)12(16)8-11/h6-8,10H,9H2,1-5H3,(H,17,18). The predicted octanol–water partition coefficient (Wildman–Crippen LogP) is 4.07. The fourth-order valence-corrected chi connectivity index (χ4v) is 2.37. The molecule has 0 heterocycles. The van der Waals surface area contributed by atoms with E-state index >= 15 is 0 Å². The molecule has 1 N–H and O–H groups in total. The number of methoxy groups -OCH3 is 1. The Morgan fingerprint density at radius 3 is 2.53 bits per heavy atom. The van der Waals surface area contributed by atoms with E-state index in [2.05, 4.69) is 42.0 Å². The summed E-state index contributed by atoms with van der Waals surface area (Å²) in [6.07, 6.45) is 0.522. The monoisotopic (exact) mass is 327 g/mol. The van der Waals surface area contributed by atoms with Crippen LogP contribution in [0.5, 0.6) is 5.75 Å². The van der Waals surface area contributed by atoms with E-state index in [4.69, 9.17) is 4.74 Å². The second-order valence-electron chi connectivity index (χ2n) is 5.92. The molecule has 0 aliphatic carbocycles. The van der Waals surface area contributed by atoms with Gasteiger partial charge in [-0.3, -0.25) is 4.79 Å². The third-order valence-corrected chi connectivity index (χ3v) is 3.36. The second-order valence-corrected chi connectivity index (χ2v) is 6.77. The Morgan fingerprint density at radius 1 is 1.42 bits per heavy atom. The molecule has 106 valence electrons. The van der Waals surface area contributed by atoms with Crippen LogP contribution in [0.1, 0.15) is 45.7 Å². The topological polar surface area (TPSA) is 38.3 Å². The van der Waals surface area contributed by atoms with Crippen molar-refractivity contribution in [3.63, 3.8) is 0 Å². The van der Waals surface area contributed by atoms with Crippen molar-refractivity contribution in [2.45, 2.75) is 40.2 Å². The smallest absolute Gasteiger partial charge is 0.220 e. The van der Waals surface area contributed by atoms with E-state index in [-0.39, 0.29) is 17.4 Å². The fraction of sp³-hybridized carbons (Fsp3) is 0.533. The van der Waals surface area contributed by atoms with Crippen molar-refractivity contribution in [2.75, 3.05) is 7.11 Å². The molecule has 3 nitrogen and oxygen atoms in total. The number of carbonyl (C=O) groups excluding carboxylic acids is 1. The molecule has 1 atom stereocenters. The van der Waals surface area contributed by atoms with Crippen LogP contribution in [0, 0.1) is 5.41 Å². The summed E-state index contributed by atoms with van der Waals surface area (Å²) in [7, 11) is 1.63. The minimum Gasteiger partial charge on any atom is -0.496 e. The molecule has 0 radical (unpaired) electrons. The van der Waals surface area contributed by atoms with E-state index in [0.717, 1.165) is 15.8 Å². The maximum Gasteiger partial charge on any atom is 0.220 e. The number of ether oxygens (including phenoxy) is 1. The van der Waals surface area contributed by atoms with Crippen molar-refractivity contribution in [3.8, 4) is 5.75 Å². The average Bonchev–Trinajstić information content (AvgIpc) is 2.26. The Morgan fingerprint density at radius 2 is 2.05 bits per heavy atom. The summed E-state index contributed by atoms with van der Waals surface area (Å²) in [6.45, 7) is 8.15. The molecule has 0 bridgehead atoms. The summed E-state index contributed by atoms with van der Waals surface area (Å²) in [5, 5.41) is 3.02. The molecule has 4 heteroatoms. The van der Waals surface area contributed by atoms with Gasteiger partial charge in [-0.05, 0) is 46.0 Å². The van der Waals surface area contributed by atoms with Gasteiger partial charge >= 0.3 is 0 Å². The van der Waals surface area contributed by atoms with Crippen molar-refractivity contribution >= 4 is 21.8 Å². The Hall–Kier alpha value is -1.03. The molecule has 0 aliphatic rings. The molecular weight excluding hydrogens is 306 g/mol. The number of halogens is 1. The molecule has 1 aromatic rings. The van der Waals surface area contributed by atoms with E-state index in [1.54, 1.807) is 7.11 Å². The second kappa shape index (κ2) is 6.42. The number of amides is 1. The van der Waals surface area contributed by atoms with Crippen LogP contribution in [0.25, 0.3) is 0 Å². The predicted molar refractivity (Wildman–Crippen MR) is 81.3 cm³/mol. The average molecular weight is 328 g/mol. The largest absolute Gasteiger partial charge is 0.496 e. The van der Waals surface area contributed by atoms with Crippen LogP contribution in [-0.4, -0.2) is 13.0 Å². The molecule has 0 saturated carbocycles. The molecule has 0 aromatic heterocycles. The minimum absolute atomic E-state index is 0.00426. The van der Waals surface area contributed by atoms with E-state index in [1.807, 2.05) is 25.1 Å². The lowest BCUT2D eigenvalue weighted by Crippen LogP contribution is -2.29. The molecule has 1 rings (SSSR count). The lowest BCUT2D eigenvalue weighted by molar-refractivity contribution is -0.123. The zero-order chi connectivity index (χ0) is 14.6. The van der Waals surface area contributed by atoms with Gasteiger partial charge in [0.15, 0.2) is 0 Å². The molecule has 1 amide bonds. The van der Waals surface area contributed by atoms with Crippen molar-refractivity contribution in [1.82, 2.24) is 5.32 Å². The van der Waals surface area contributed by atoms with Gasteiger partial charge in [0, 0.05) is 6.42 Å². The van der Waals surface area contributed by atoms with Crippen LogP contribution in [-0.2, 0) is 4.79 Å². The highest BCUT2D eigenvalue weighted by atomic mass is 79.9. The van der Waals surface area contributed by atoms with Crippen LogP contribution in [0.15, 0.2) is 22.7 Å². The van der Waals surface area contributed by atoms with Gasteiger partial charge in [-0.15, -0.1) is 0 Å². The fourth-order valence-electron chi connectivity index (χ4n) is 1.81. The molecule has 0 aliphatic heterocycles. The lowest BCUT2D eigenvalue weighted by Gasteiger charge is -2.20. The number of carbonyl (C=O) groups is 1. The van der Waals surface area contributed by atoms with Crippen LogP contribution >= 0.6 is 15.9 Å². The van der Waals surface area contributed by atoms with Crippen molar-refractivity contribution in [3.05, 3.63) is 28.2 Å². The highest BCUT2D eigenvalue weighted by Crippen LogP contribution is 2.28. The minimum atomic E-state index is -0.0166. The lowest BCUT2D eigenvalue weighted by atomic mass is 9.91. The molecule has 0 saturated heterocycles. The summed E-state index contributed by atoms with van der Waals surface area (Å²) >= 11 is 3.45. The van der Waals surface area contributed by atoms with Gasteiger partial charge in [0.25, 0.3) is 0 Å². The van der Waals surface area contributed by atoms with Crippen LogP contribution < -0.4 is 10.1 Å². The van der Waals surface area contributed by atoms with Crippen LogP contribution in [0.2, 0.25) is 0 Å². The zero-order valence-corrected chi connectivity index (χ0v) is 13.8. The first-order valence-electron chi connectivity index (χ1n) is 6.36. The first-order valence-corrected chi connectivity index (χ1v) is 7.15. The van der Waals surface area contributed by atoms with Gasteiger partial charge in [0.05, 0.1) is 17.6 Å². The molecular formula is C15H22BrNO2. The summed E-state index contributed by atoms with van der Waals surface area (Å²) in [5.41, 5.74) is 1.06. The molecule has 1 unspecified atom stereocenters. The normalized spacial score (nSPS) is 12.9. The highest BCUT2D eigenvalue weighted by Gasteiger charge is 2.18. The number of hydrogen-bond acceptors (Lipinski definition) is 2. The summed E-state index contributed by atoms with van der Waals surface area (Å²) in [4.78, 5) is 11.9. The molecule has 1 aromatic carbocycles. The van der Waals surface area contributed by atoms with Crippen molar-refractivity contribution in [1.29, 1.82) is 0 Å². The summed E-state index contributed by atoms with van der Waals surface area (Å²) < 4.78 is 6.09. The number of nitrogens with one attached hydrogen (secondary N) is 1. The van der Waals surface area contributed by atoms with E-state index in [1.165, 1.54) is 0 Å². The van der Waals surface area contributed by atoms with Gasteiger partial charge in [-0.2, -0.15) is 0 Å². The Kier molecular flexibility index (Phi) is 5.41. The summed E-state index contributed by atoms with van der Waals surface area (Å²) in [5.74, 6) is 0.865. The zero-order valence-electron chi connectivity index (χ0n) is 12.2. The van der Waals surface area contributed by atoms with Crippen molar-refractivity contribution < 1.29 is 9.53 Å². The van der Waals surface area contributed by atoms with E-state index in [9.17, 15) is 4.79 Å². The summed E-state index contributed by atoms with van der Waals surface area (Å²) in [6, 6.07) is 5.82. The maximum atomic E-state index is 11.9. The quantitative estimate of drug-likeness (QED) is 0.905. The van der Waals surface area contributed by atoms with Crippen molar-refractivity contribution in [2.24, 2.45) is 5.41 Å². The van der Waals surface area contributed by atoms with E-state index < -0.39 is 0 Å². The molecule has 19 heavy (non-hydrogen) atoms. The first-order chi connectivity index (χ1) is 8.73. The third-order valence-electron chi connectivity index (χ3n) is 2.74. The van der Waals surface area contributed by atoms with Gasteiger partial charge in [-0.1, -0.05) is 26.8 Å². The first kappa shape index (κ1) is 16.0. The number of rotatable bonds is 4. The number of benzene rings is 1. The Bertz CT molecular complexity index is 452. The Labute approximate surface area is 123 Å².